The molecule has 0 saturated heterocycles. The van der Waals surface area contributed by atoms with E-state index in [4.69, 9.17) is 0 Å². The van der Waals surface area contributed by atoms with E-state index in [-0.39, 0.29) is 11.7 Å². The van der Waals surface area contributed by atoms with Crippen molar-refractivity contribution in [2.45, 2.75) is 58.4 Å². The molecule has 174 valence electrons. The summed E-state index contributed by atoms with van der Waals surface area (Å²) in [6.45, 7) is 2.69. The Kier molecular flexibility index (Phi) is 6.51. The number of Topliss-reactive ketones (excluding diaryl/α,β-unsaturated/α-hetero) is 1. The molecule has 34 heavy (non-hydrogen) atoms. The summed E-state index contributed by atoms with van der Waals surface area (Å²) >= 11 is 0. The molecule has 3 aromatic heterocycles. The fraction of sp³-hybridized carbons (Fsp3) is 0.400. The molecule has 1 saturated carbocycles. The molecule has 1 N–H and O–H groups in total. The van der Waals surface area contributed by atoms with E-state index in [9.17, 15) is 4.79 Å². The number of tetrazole rings is 1. The minimum Gasteiger partial charge on any atom is -0.290 e. The van der Waals surface area contributed by atoms with Gasteiger partial charge in [0, 0.05) is 24.1 Å². The number of ketones is 1. The number of benzene rings is 1. The van der Waals surface area contributed by atoms with Crippen molar-refractivity contribution in [1.82, 2.24) is 40.4 Å². The third-order valence-corrected chi connectivity index (χ3v) is 6.38. The Labute approximate surface area is 198 Å². The summed E-state index contributed by atoms with van der Waals surface area (Å²) in [4.78, 5) is 22.1. The predicted molar refractivity (Wildman–Crippen MR) is 127 cm³/mol. The number of hydrogen-bond acceptors (Lipinski definition) is 7. The molecule has 0 bridgehead atoms. The molecular weight excluding hydrogens is 428 g/mol. The van der Waals surface area contributed by atoms with Crippen LogP contribution in [0.4, 0.5) is 0 Å². The SMILES string of the molecule is CCCc1nc(C(=O)C2CCCCC2)nn1Cc1ccc(-c2cccnc2-c2nn[nH]n2)cc1. The zero-order valence-corrected chi connectivity index (χ0v) is 19.3. The molecule has 0 aliphatic heterocycles. The lowest BCUT2D eigenvalue weighted by atomic mass is 9.86. The number of aromatic nitrogens is 8. The second-order valence-corrected chi connectivity index (χ2v) is 8.79. The van der Waals surface area contributed by atoms with E-state index in [0.717, 1.165) is 61.0 Å². The highest BCUT2D eigenvalue weighted by Gasteiger charge is 2.26. The minimum atomic E-state index is 0.0752. The molecule has 1 aromatic carbocycles. The third kappa shape index (κ3) is 4.64. The van der Waals surface area contributed by atoms with E-state index < -0.39 is 0 Å². The maximum absolute atomic E-state index is 13.0. The van der Waals surface area contributed by atoms with Gasteiger partial charge in [-0.05, 0) is 41.7 Å². The number of aryl methyl sites for hydroxylation is 1. The van der Waals surface area contributed by atoms with Crippen molar-refractivity contribution in [2.75, 3.05) is 0 Å². The molecule has 0 amide bonds. The average molecular weight is 457 g/mol. The lowest BCUT2D eigenvalue weighted by Crippen LogP contribution is -2.19. The van der Waals surface area contributed by atoms with Crippen LogP contribution in [0.5, 0.6) is 0 Å². The average Bonchev–Trinajstić information content (AvgIpc) is 3.56. The van der Waals surface area contributed by atoms with Gasteiger partial charge in [0.1, 0.15) is 11.5 Å². The van der Waals surface area contributed by atoms with E-state index in [1.165, 1.54) is 6.42 Å². The molecule has 0 radical (unpaired) electrons. The Bertz CT molecular complexity index is 1240. The fourth-order valence-electron chi connectivity index (χ4n) is 4.60. The summed E-state index contributed by atoms with van der Waals surface area (Å²) in [6.07, 6.45) is 8.85. The highest BCUT2D eigenvalue weighted by Crippen LogP contribution is 2.28. The van der Waals surface area contributed by atoms with Gasteiger partial charge in [-0.2, -0.15) is 5.21 Å². The van der Waals surface area contributed by atoms with Gasteiger partial charge < -0.3 is 0 Å². The minimum absolute atomic E-state index is 0.0752. The van der Waals surface area contributed by atoms with Gasteiger partial charge in [-0.15, -0.1) is 15.3 Å². The van der Waals surface area contributed by atoms with E-state index in [1.807, 2.05) is 16.8 Å². The first-order chi connectivity index (χ1) is 16.7. The van der Waals surface area contributed by atoms with Crippen molar-refractivity contribution < 1.29 is 4.79 Å². The van der Waals surface area contributed by atoms with Gasteiger partial charge >= 0.3 is 0 Å². The van der Waals surface area contributed by atoms with Crippen LogP contribution in [0, 0.1) is 5.92 Å². The van der Waals surface area contributed by atoms with E-state index >= 15 is 0 Å². The Hall–Kier alpha value is -3.75. The molecular formula is C25H28N8O. The molecule has 0 unspecified atom stereocenters. The normalized spacial score (nSPS) is 14.4. The first kappa shape index (κ1) is 22.1. The molecule has 1 aliphatic rings. The van der Waals surface area contributed by atoms with Crippen LogP contribution >= 0.6 is 0 Å². The molecule has 9 nitrogen and oxygen atoms in total. The highest BCUT2D eigenvalue weighted by molar-refractivity contribution is 5.94. The lowest BCUT2D eigenvalue weighted by molar-refractivity contribution is 0.0878. The predicted octanol–water partition coefficient (Wildman–Crippen LogP) is 4.28. The van der Waals surface area contributed by atoms with Gasteiger partial charge in [-0.25, -0.2) is 9.67 Å². The van der Waals surface area contributed by atoms with Crippen LogP contribution in [0.1, 0.15) is 67.5 Å². The molecule has 1 fully saturated rings. The van der Waals surface area contributed by atoms with Crippen LogP contribution < -0.4 is 0 Å². The number of H-pyrrole nitrogens is 1. The zero-order chi connectivity index (χ0) is 23.3. The lowest BCUT2D eigenvalue weighted by Gasteiger charge is -2.18. The van der Waals surface area contributed by atoms with E-state index in [0.29, 0.717) is 23.9 Å². The molecule has 1 aliphatic carbocycles. The number of hydrogen-bond donors (Lipinski definition) is 1. The monoisotopic (exact) mass is 456 g/mol. The van der Waals surface area contributed by atoms with Gasteiger partial charge in [0.2, 0.25) is 17.4 Å². The zero-order valence-electron chi connectivity index (χ0n) is 19.3. The molecule has 4 aromatic rings. The van der Waals surface area contributed by atoms with Crippen molar-refractivity contribution in [2.24, 2.45) is 5.92 Å². The summed E-state index contributed by atoms with van der Waals surface area (Å²) < 4.78 is 1.89. The summed E-state index contributed by atoms with van der Waals surface area (Å²) in [5, 5.41) is 18.9. The smallest absolute Gasteiger partial charge is 0.223 e. The Balaban J connectivity index is 1.37. The third-order valence-electron chi connectivity index (χ3n) is 6.38. The van der Waals surface area contributed by atoms with Crippen LogP contribution in [-0.4, -0.2) is 46.2 Å². The first-order valence-corrected chi connectivity index (χ1v) is 12.0. The van der Waals surface area contributed by atoms with Crippen LogP contribution in [0.15, 0.2) is 42.6 Å². The van der Waals surface area contributed by atoms with Gasteiger partial charge in [-0.3, -0.25) is 9.78 Å². The van der Waals surface area contributed by atoms with Crippen molar-refractivity contribution in [3.05, 3.63) is 59.8 Å². The fourth-order valence-corrected chi connectivity index (χ4v) is 4.60. The number of nitrogens with one attached hydrogen (secondary N) is 1. The second kappa shape index (κ2) is 10.0. The molecule has 0 spiro atoms. The van der Waals surface area contributed by atoms with E-state index in [1.54, 1.807) is 6.20 Å². The van der Waals surface area contributed by atoms with Crippen molar-refractivity contribution in [1.29, 1.82) is 0 Å². The first-order valence-electron chi connectivity index (χ1n) is 12.0. The summed E-state index contributed by atoms with van der Waals surface area (Å²) in [5.41, 5.74) is 3.71. The van der Waals surface area contributed by atoms with Crippen LogP contribution in [0.3, 0.4) is 0 Å². The Morgan fingerprint density at radius 3 is 2.68 bits per heavy atom. The summed E-state index contributed by atoms with van der Waals surface area (Å²) in [5.74, 6) is 1.90. The van der Waals surface area contributed by atoms with E-state index in [2.05, 4.69) is 66.9 Å². The standard InChI is InChI=1S/C25H28N8O/c1-2-7-21-27-25(23(34)19-8-4-3-5-9-19)30-33(21)16-17-11-13-18(14-12-17)20-10-6-15-26-22(20)24-28-31-32-29-24/h6,10-15,19H,2-5,7-9,16H2,1H3,(H,28,29,31,32). The van der Waals surface area contributed by atoms with Crippen LogP contribution in [-0.2, 0) is 13.0 Å². The largest absolute Gasteiger partial charge is 0.290 e. The molecule has 0 atom stereocenters. The number of carbonyl (C=O) groups is 1. The molecule has 5 rings (SSSR count). The summed E-state index contributed by atoms with van der Waals surface area (Å²) in [7, 11) is 0. The van der Waals surface area contributed by atoms with Gasteiger partial charge in [0.15, 0.2) is 0 Å². The van der Waals surface area contributed by atoms with Crippen LogP contribution in [0.25, 0.3) is 22.6 Å². The topological polar surface area (TPSA) is 115 Å². The number of nitrogens with zero attached hydrogens (tertiary/aromatic N) is 7. The Morgan fingerprint density at radius 2 is 1.94 bits per heavy atom. The Morgan fingerprint density at radius 1 is 1.12 bits per heavy atom. The van der Waals surface area contributed by atoms with Crippen LogP contribution in [0.2, 0.25) is 0 Å². The maximum atomic E-state index is 13.0. The number of aromatic amines is 1. The number of carbonyl (C=O) groups excluding carboxylic acids is 1. The van der Waals surface area contributed by atoms with Crippen molar-refractivity contribution in [3.63, 3.8) is 0 Å². The van der Waals surface area contributed by atoms with Crippen molar-refractivity contribution in [3.8, 4) is 22.6 Å². The summed E-state index contributed by atoms with van der Waals surface area (Å²) in [6, 6.07) is 12.1. The van der Waals surface area contributed by atoms with Gasteiger partial charge in [0.05, 0.1) is 6.54 Å². The molecule has 3 heterocycles. The number of rotatable bonds is 8. The molecule has 9 heteroatoms. The second-order valence-electron chi connectivity index (χ2n) is 8.79. The highest BCUT2D eigenvalue weighted by atomic mass is 16.1. The van der Waals surface area contributed by atoms with Gasteiger partial charge in [0.25, 0.3) is 0 Å². The van der Waals surface area contributed by atoms with Gasteiger partial charge in [-0.1, -0.05) is 56.5 Å². The quantitative estimate of drug-likeness (QED) is 0.393. The maximum Gasteiger partial charge on any atom is 0.223 e. The van der Waals surface area contributed by atoms with Crippen molar-refractivity contribution >= 4 is 5.78 Å². The number of pyridine rings is 1.